The highest BCUT2D eigenvalue weighted by atomic mass is 14.3. The lowest BCUT2D eigenvalue weighted by Crippen LogP contribution is -2.04. The molecule has 0 nitrogen and oxygen atoms in total. The van der Waals surface area contributed by atoms with Crippen molar-refractivity contribution < 1.29 is 0 Å². The van der Waals surface area contributed by atoms with E-state index in [0.29, 0.717) is 0 Å². The zero-order chi connectivity index (χ0) is 8.67. The fourth-order valence-electron chi connectivity index (χ4n) is 2.72. The Balaban J connectivity index is 2.20. The average molecular weight is 170 g/mol. The quantitative estimate of drug-likeness (QED) is 0.522. The summed E-state index contributed by atoms with van der Waals surface area (Å²) in [6.07, 6.45) is 8.92. The summed E-state index contributed by atoms with van der Waals surface area (Å²) in [5, 5.41) is 0. The third kappa shape index (κ3) is 1.05. The fourth-order valence-corrected chi connectivity index (χ4v) is 2.72. The van der Waals surface area contributed by atoms with E-state index in [2.05, 4.69) is 36.4 Å². The molecule has 0 heterocycles. The van der Waals surface area contributed by atoms with Gasteiger partial charge in [-0.2, -0.15) is 0 Å². The van der Waals surface area contributed by atoms with Gasteiger partial charge in [0, 0.05) is 11.8 Å². The number of hydrogen-bond donors (Lipinski definition) is 0. The molecular formula is C13H14. The van der Waals surface area contributed by atoms with Crippen molar-refractivity contribution in [2.75, 3.05) is 0 Å². The molecule has 13 heavy (non-hydrogen) atoms. The Kier molecular flexibility index (Phi) is 1.55. The van der Waals surface area contributed by atoms with Crippen molar-refractivity contribution in [1.82, 2.24) is 0 Å². The van der Waals surface area contributed by atoms with Crippen molar-refractivity contribution in [2.45, 2.75) is 31.1 Å². The highest BCUT2D eigenvalue weighted by Crippen LogP contribution is 2.42. The van der Waals surface area contributed by atoms with Crippen LogP contribution in [0.25, 0.3) is 0 Å². The molecule has 0 saturated heterocycles. The number of fused-ring (bicyclic) bond motifs is 2. The fraction of sp³-hybridized carbons (Fsp3) is 0.385. The molecule has 2 atom stereocenters. The molecule has 0 amide bonds. The van der Waals surface area contributed by atoms with Crippen LogP contribution >= 0.6 is 0 Å². The maximum atomic E-state index is 2.42. The Morgan fingerprint density at radius 1 is 0.846 bits per heavy atom. The maximum absolute atomic E-state index is 2.42. The van der Waals surface area contributed by atoms with Crippen molar-refractivity contribution in [1.29, 1.82) is 0 Å². The SMILES string of the molecule is C1=CC2CCCC1c1ccccc12. The van der Waals surface area contributed by atoms with Gasteiger partial charge in [-0.05, 0) is 24.0 Å². The van der Waals surface area contributed by atoms with Gasteiger partial charge in [0.15, 0.2) is 0 Å². The number of rotatable bonds is 0. The van der Waals surface area contributed by atoms with E-state index in [0.717, 1.165) is 11.8 Å². The predicted octanol–water partition coefficient (Wildman–Crippen LogP) is 3.61. The lowest BCUT2D eigenvalue weighted by molar-refractivity contribution is 0.668. The van der Waals surface area contributed by atoms with Gasteiger partial charge in [-0.15, -0.1) is 0 Å². The first kappa shape index (κ1) is 7.37. The molecule has 3 aliphatic carbocycles. The van der Waals surface area contributed by atoms with Gasteiger partial charge in [-0.25, -0.2) is 0 Å². The molecule has 1 aromatic rings. The molecule has 2 bridgehead atoms. The first-order chi connectivity index (χ1) is 6.45. The standard InChI is InChI=1S/C13H14/c1-2-7-13-11-5-3-4-10(8-9-11)12(13)6-1/h1-2,6-11H,3-5H2. The Labute approximate surface area is 79.3 Å². The summed E-state index contributed by atoms with van der Waals surface area (Å²) in [7, 11) is 0. The van der Waals surface area contributed by atoms with E-state index in [1.165, 1.54) is 19.3 Å². The molecule has 1 aromatic carbocycles. The Bertz CT molecular complexity index is 316. The molecule has 0 saturated carbocycles. The van der Waals surface area contributed by atoms with Crippen molar-refractivity contribution in [3.63, 3.8) is 0 Å². The van der Waals surface area contributed by atoms with Gasteiger partial charge in [-0.3, -0.25) is 0 Å². The molecule has 0 fully saturated rings. The first-order valence-electron chi connectivity index (χ1n) is 5.22. The van der Waals surface area contributed by atoms with Crippen LogP contribution in [-0.4, -0.2) is 0 Å². The van der Waals surface area contributed by atoms with Crippen molar-refractivity contribution in [2.24, 2.45) is 0 Å². The normalized spacial score (nSPS) is 29.8. The molecule has 4 rings (SSSR count). The van der Waals surface area contributed by atoms with Crippen LogP contribution < -0.4 is 0 Å². The van der Waals surface area contributed by atoms with Gasteiger partial charge in [0.1, 0.15) is 0 Å². The molecule has 0 heteroatoms. The van der Waals surface area contributed by atoms with Crippen LogP contribution in [0.4, 0.5) is 0 Å². The lowest BCUT2D eigenvalue weighted by atomic mass is 9.84. The van der Waals surface area contributed by atoms with Crippen LogP contribution in [0, 0.1) is 0 Å². The van der Waals surface area contributed by atoms with E-state index < -0.39 is 0 Å². The van der Waals surface area contributed by atoms with Crippen molar-refractivity contribution in [3.05, 3.63) is 47.5 Å². The molecule has 0 aliphatic heterocycles. The number of benzene rings is 1. The monoisotopic (exact) mass is 170 g/mol. The summed E-state index contributed by atoms with van der Waals surface area (Å²) in [5.74, 6) is 1.44. The second-order valence-corrected chi connectivity index (χ2v) is 4.16. The Hall–Kier alpha value is -1.04. The summed E-state index contributed by atoms with van der Waals surface area (Å²) in [6.45, 7) is 0. The van der Waals surface area contributed by atoms with Crippen molar-refractivity contribution in [3.8, 4) is 0 Å². The lowest BCUT2D eigenvalue weighted by Gasteiger charge is -2.21. The molecule has 3 aliphatic rings. The predicted molar refractivity (Wildman–Crippen MR) is 54.9 cm³/mol. The van der Waals surface area contributed by atoms with Crippen LogP contribution in [0.2, 0.25) is 0 Å². The van der Waals surface area contributed by atoms with E-state index in [4.69, 9.17) is 0 Å². The summed E-state index contributed by atoms with van der Waals surface area (Å²) >= 11 is 0. The summed E-state index contributed by atoms with van der Waals surface area (Å²) in [4.78, 5) is 0. The second kappa shape index (κ2) is 2.73. The largest absolute Gasteiger partial charge is 0.0804 e. The Morgan fingerprint density at radius 3 is 1.92 bits per heavy atom. The smallest absolute Gasteiger partial charge is 0.00211 e. The second-order valence-electron chi connectivity index (χ2n) is 4.16. The van der Waals surface area contributed by atoms with Gasteiger partial charge in [0.2, 0.25) is 0 Å². The zero-order valence-corrected chi connectivity index (χ0v) is 7.74. The third-order valence-corrected chi connectivity index (χ3v) is 3.40. The minimum absolute atomic E-state index is 0.718. The third-order valence-electron chi connectivity index (χ3n) is 3.40. The molecule has 0 N–H and O–H groups in total. The molecule has 0 aromatic heterocycles. The van der Waals surface area contributed by atoms with E-state index >= 15 is 0 Å². The van der Waals surface area contributed by atoms with Crippen LogP contribution in [-0.2, 0) is 0 Å². The number of hydrogen-bond acceptors (Lipinski definition) is 0. The molecule has 66 valence electrons. The zero-order valence-electron chi connectivity index (χ0n) is 7.74. The summed E-state index contributed by atoms with van der Waals surface area (Å²) in [5.41, 5.74) is 3.18. The van der Waals surface area contributed by atoms with E-state index in [9.17, 15) is 0 Å². The van der Waals surface area contributed by atoms with Crippen LogP contribution in [0.1, 0.15) is 42.2 Å². The molecule has 0 spiro atoms. The van der Waals surface area contributed by atoms with Gasteiger partial charge in [-0.1, -0.05) is 42.8 Å². The van der Waals surface area contributed by atoms with Gasteiger partial charge >= 0.3 is 0 Å². The Morgan fingerprint density at radius 2 is 1.38 bits per heavy atom. The first-order valence-corrected chi connectivity index (χ1v) is 5.22. The van der Waals surface area contributed by atoms with Crippen LogP contribution in [0.15, 0.2) is 36.4 Å². The van der Waals surface area contributed by atoms with E-state index in [1.807, 2.05) is 0 Å². The molecular weight excluding hydrogens is 156 g/mol. The van der Waals surface area contributed by atoms with Gasteiger partial charge in [0.05, 0.1) is 0 Å². The maximum Gasteiger partial charge on any atom is 0.00211 e. The minimum Gasteiger partial charge on any atom is -0.0804 e. The minimum atomic E-state index is 0.718. The van der Waals surface area contributed by atoms with Crippen LogP contribution in [0.3, 0.4) is 0 Å². The topological polar surface area (TPSA) is 0 Å². The molecule has 0 radical (unpaired) electrons. The van der Waals surface area contributed by atoms with Gasteiger partial charge in [0.25, 0.3) is 0 Å². The summed E-state index contributed by atoms with van der Waals surface area (Å²) < 4.78 is 0. The van der Waals surface area contributed by atoms with Gasteiger partial charge < -0.3 is 0 Å². The number of allylic oxidation sites excluding steroid dienone is 2. The highest BCUT2D eigenvalue weighted by Gasteiger charge is 2.25. The van der Waals surface area contributed by atoms with Crippen LogP contribution in [0.5, 0.6) is 0 Å². The van der Waals surface area contributed by atoms with E-state index in [1.54, 1.807) is 11.1 Å². The average Bonchev–Trinajstić information content (AvgIpc) is 2.52. The molecule has 2 unspecified atom stereocenters. The highest BCUT2D eigenvalue weighted by molar-refractivity contribution is 5.42. The van der Waals surface area contributed by atoms with Crippen molar-refractivity contribution >= 4 is 0 Å². The van der Waals surface area contributed by atoms with E-state index in [-0.39, 0.29) is 0 Å². The summed E-state index contributed by atoms with van der Waals surface area (Å²) in [6, 6.07) is 8.96.